The van der Waals surface area contributed by atoms with Crippen LogP contribution in [-0.4, -0.2) is 49.4 Å². The molecule has 27 heavy (non-hydrogen) atoms. The number of aryl methyl sites for hydroxylation is 1. The number of hydrogen-bond acceptors (Lipinski definition) is 7. The van der Waals surface area contributed by atoms with Crippen LogP contribution in [-0.2, 0) is 19.4 Å². The molecule has 1 aromatic heterocycles. The molecule has 0 bridgehead atoms. The molecule has 1 aliphatic rings. The van der Waals surface area contributed by atoms with E-state index >= 15 is 0 Å². The molecule has 2 aromatic rings. The number of sulfone groups is 1. The molecule has 2 heterocycles. The van der Waals surface area contributed by atoms with Crippen molar-refractivity contribution in [3.63, 3.8) is 0 Å². The first kappa shape index (κ1) is 19.8. The summed E-state index contributed by atoms with van der Waals surface area (Å²) in [7, 11) is -3.09. The molecule has 10 heteroatoms. The van der Waals surface area contributed by atoms with Gasteiger partial charge in [-0.05, 0) is 25.5 Å². The van der Waals surface area contributed by atoms with Gasteiger partial charge in [-0.25, -0.2) is 18.2 Å². The first-order chi connectivity index (χ1) is 12.7. The molecule has 1 saturated heterocycles. The second kappa shape index (κ2) is 7.95. The number of thiazole rings is 1. The van der Waals surface area contributed by atoms with E-state index in [-0.39, 0.29) is 11.5 Å². The van der Waals surface area contributed by atoms with Crippen LogP contribution in [0.25, 0.3) is 10.6 Å². The Labute approximate surface area is 165 Å². The van der Waals surface area contributed by atoms with Gasteiger partial charge in [-0.1, -0.05) is 23.7 Å². The Morgan fingerprint density at radius 3 is 2.85 bits per heavy atom. The van der Waals surface area contributed by atoms with Crippen LogP contribution in [0.2, 0.25) is 5.02 Å². The lowest BCUT2D eigenvalue weighted by Gasteiger charge is -2.10. The minimum Gasteiger partial charge on any atom is -0.451 e. The van der Waals surface area contributed by atoms with Crippen molar-refractivity contribution < 1.29 is 22.7 Å². The summed E-state index contributed by atoms with van der Waals surface area (Å²) in [4.78, 5) is 28.8. The predicted molar refractivity (Wildman–Crippen MR) is 103 cm³/mol. The van der Waals surface area contributed by atoms with Crippen LogP contribution in [0.15, 0.2) is 24.3 Å². The summed E-state index contributed by atoms with van der Waals surface area (Å²) < 4.78 is 27.9. The quantitative estimate of drug-likeness (QED) is 0.732. The van der Waals surface area contributed by atoms with E-state index < -0.39 is 34.4 Å². The zero-order valence-electron chi connectivity index (χ0n) is 14.4. The standard InChI is InChI=1S/C17H17ClN2O5S2/c1-10-15(26-16(19-10)11-3-2-4-12(18)7-11)17(22)25-8-14(21)20-13-5-6-27(23,24)9-13/h2-4,7,13H,5-6,8-9H2,1H3,(H,20,21). The van der Waals surface area contributed by atoms with Gasteiger partial charge in [0.25, 0.3) is 5.91 Å². The van der Waals surface area contributed by atoms with Gasteiger partial charge in [-0.15, -0.1) is 11.3 Å². The molecular formula is C17H17ClN2O5S2. The van der Waals surface area contributed by atoms with Crippen LogP contribution in [0.4, 0.5) is 0 Å². The fourth-order valence-electron chi connectivity index (χ4n) is 2.71. The molecule has 1 aromatic carbocycles. The SMILES string of the molecule is Cc1nc(-c2cccc(Cl)c2)sc1C(=O)OCC(=O)NC1CCS(=O)(=O)C1. The molecule has 0 aliphatic carbocycles. The summed E-state index contributed by atoms with van der Waals surface area (Å²) in [5.74, 6) is -1.19. The first-order valence-corrected chi connectivity index (χ1v) is 11.2. The van der Waals surface area contributed by atoms with Gasteiger partial charge in [0.2, 0.25) is 0 Å². The van der Waals surface area contributed by atoms with Crippen molar-refractivity contribution in [1.82, 2.24) is 10.3 Å². The maximum atomic E-state index is 12.3. The molecule has 144 valence electrons. The number of halogens is 1. The van der Waals surface area contributed by atoms with E-state index in [1.165, 1.54) is 0 Å². The lowest BCUT2D eigenvalue weighted by molar-refractivity contribution is -0.124. The van der Waals surface area contributed by atoms with Crippen LogP contribution in [0.3, 0.4) is 0 Å². The first-order valence-electron chi connectivity index (χ1n) is 8.14. The molecule has 3 rings (SSSR count). The van der Waals surface area contributed by atoms with Crippen LogP contribution >= 0.6 is 22.9 Å². The van der Waals surface area contributed by atoms with Crippen molar-refractivity contribution in [2.24, 2.45) is 0 Å². The Morgan fingerprint density at radius 1 is 1.41 bits per heavy atom. The lowest BCUT2D eigenvalue weighted by atomic mass is 10.2. The normalized spacial score (nSPS) is 18.2. The number of nitrogens with one attached hydrogen (secondary N) is 1. The van der Waals surface area contributed by atoms with Crippen LogP contribution in [0.1, 0.15) is 21.8 Å². The number of aromatic nitrogens is 1. The number of benzene rings is 1. The predicted octanol–water partition coefficient (Wildman–Crippen LogP) is 2.23. The molecule has 0 saturated carbocycles. The monoisotopic (exact) mass is 428 g/mol. The summed E-state index contributed by atoms with van der Waals surface area (Å²) in [6, 6.07) is 6.69. The minimum absolute atomic E-state index is 0.0596. The summed E-state index contributed by atoms with van der Waals surface area (Å²) in [5, 5.41) is 3.76. The van der Waals surface area contributed by atoms with Gasteiger partial charge in [0.15, 0.2) is 16.4 Å². The van der Waals surface area contributed by atoms with E-state index in [9.17, 15) is 18.0 Å². The van der Waals surface area contributed by atoms with Gasteiger partial charge < -0.3 is 10.1 Å². The molecule has 1 N–H and O–H groups in total. The summed E-state index contributed by atoms with van der Waals surface area (Å²) in [6.45, 7) is 1.21. The van der Waals surface area contributed by atoms with Crippen molar-refractivity contribution >= 4 is 44.7 Å². The molecule has 0 radical (unpaired) electrons. The fraction of sp³-hybridized carbons (Fsp3) is 0.353. The Hall–Kier alpha value is -1.97. The van der Waals surface area contributed by atoms with Gasteiger partial charge in [0, 0.05) is 16.6 Å². The maximum absolute atomic E-state index is 12.3. The van der Waals surface area contributed by atoms with E-state index in [0.29, 0.717) is 27.0 Å². The van der Waals surface area contributed by atoms with Crippen molar-refractivity contribution in [1.29, 1.82) is 0 Å². The average Bonchev–Trinajstić information content (AvgIpc) is 3.15. The molecule has 1 aliphatic heterocycles. The van der Waals surface area contributed by atoms with E-state index in [4.69, 9.17) is 16.3 Å². The number of carbonyl (C=O) groups is 2. The van der Waals surface area contributed by atoms with Gasteiger partial charge in [-0.3, -0.25) is 4.79 Å². The molecule has 1 unspecified atom stereocenters. The maximum Gasteiger partial charge on any atom is 0.350 e. The molecule has 7 nitrogen and oxygen atoms in total. The van der Waals surface area contributed by atoms with E-state index in [1.807, 2.05) is 6.07 Å². The number of amides is 1. The number of esters is 1. The second-order valence-corrected chi connectivity index (χ2v) is 9.85. The highest BCUT2D eigenvalue weighted by molar-refractivity contribution is 7.91. The van der Waals surface area contributed by atoms with Crippen LogP contribution in [0.5, 0.6) is 0 Å². The van der Waals surface area contributed by atoms with Crippen LogP contribution < -0.4 is 5.32 Å². The Balaban J connectivity index is 1.59. The third kappa shape index (κ3) is 5.06. The zero-order chi connectivity index (χ0) is 19.6. The second-order valence-electron chi connectivity index (χ2n) is 6.19. The number of carbonyl (C=O) groups excluding carboxylic acids is 2. The Morgan fingerprint density at radius 2 is 2.19 bits per heavy atom. The summed E-state index contributed by atoms with van der Waals surface area (Å²) in [6.07, 6.45) is 0.374. The lowest BCUT2D eigenvalue weighted by Crippen LogP contribution is -2.38. The van der Waals surface area contributed by atoms with Gasteiger partial charge in [0.05, 0.1) is 17.2 Å². The fourth-order valence-corrected chi connectivity index (χ4v) is 5.53. The van der Waals surface area contributed by atoms with E-state index in [0.717, 1.165) is 16.9 Å². The van der Waals surface area contributed by atoms with Crippen molar-refractivity contribution in [2.45, 2.75) is 19.4 Å². The van der Waals surface area contributed by atoms with Gasteiger partial charge in [-0.2, -0.15) is 0 Å². The van der Waals surface area contributed by atoms with Crippen molar-refractivity contribution in [3.8, 4) is 10.6 Å². The topological polar surface area (TPSA) is 102 Å². The molecular weight excluding hydrogens is 412 g/mol. The highest BCUT2D eigenvalue weighted by Crippen LogP contribution is 2.29. The highest BCUT2D eigenvalue weighted by atomic mass is 35.5. The van der Waals surface area contributed by atoms with E-state index in [1.54, 1.807) is 25.1 Å². The van der Waals surface area contributed by atoms with E-state index in [2.05, 4.69) is 10.3 Å². The number of nitrogens with zero attached hydrogens (tertiary/aromatic N) is 1. The molecule has 1 atom stereocenters. The van der Waals surface area contributed by atoms with Crippen molar-refractivity contribution in [2.75, 3.05) is 18.1 Å². The Kier molecular flexibility index (Phi) is 5.83. The summed E-state index contributed by atoms with van der Waals surface area (Å²) in [5.41, 5.74) is 1.29. The smallest absolute Gasteiger partial charge is 0.350 e. The van der Waals surface area contributed by atoms with Gasteiger partial charge in [0.1, 0.15) is 9.88 Å². The average molecular weight is 429 g/mol. The molecule has 1 fully saturated rings. The Bertz CT molecular complexity index is 987. The largest absolute Gasteiger partial charge is 0.451 e. The number of rotatable bonds is 5. The number of ether oxygens (including phenoxy) is 1. The third-order valence-corrected chi connectivity index (χ3v) is 7.18. The van der Waals surface area contributed by atoms with Crippen LogP contribution in [0, 0.1) is 6.92 Å². The highest BCUT2D eigenvalue weighted by Gasteiger charge is 2.29. The van der Waals surface area contributed by atoms with Crippen molar-refractivity contribution in [3.05, 3.63) is 39.9 Å². The molecule has 0 spiro atoms. The summed E-state index contributed by atoms with van der Waals surface area (Å²) >= 11 is 7.14. The zero-order valence-corrected chi connectivity index (χ0v) is 16.8. The molecule has 1 amide bonds. The van der Waals surface area contributed by atoms with Gasteiger partial charge >= 0.3 is 5.97 Å². The number of hydrogen-bond donors (Lipinski definition) is 1. The third-order valence-electron chi connectivity index (χ3n) is 3.99. The minimum atomic E-state index is -3.09.